The Bertz CT molecular complexity index is 719. The maximum Gasteiger partial charge on any atom is 0.253 e. The van der Waals surface area contributed by atoms with Gasteiger partial charge >= 0.3 is 0 Å². The van der Waals surface area contributed by atoms with E-state index in [1.54, 1.807) is 24.5 Å². The summed E-state index contributed by atoms with van der Waals surface area (Å²) >= 11 is 3.26. The fraction of sp³-hybridized carbons (Fsp3) is 0.267. The average Bonchev–Trinajstić information content (AvgIpc) is 2.54. The second-order valence-electron chi connectivity index (χ2n) is 5.17. The minimum absolute atomic E-state index is 0.0717. The largest absolute Gasteiger partial charge is 0.367 e. The first kappa shape index (κ1) is 15.7. The van der Waals surface area contributed by atoms with E-state index in [1.165, 1.54) is 6.07 Å². The number of primary amides is 1. The Kier molecular flexibility index (Phi) is 4.42. The van der Waals surface area contributed by atoms with Crippen molar-refractivity contribution < 1.29 is 9.18 Å². The lowest BCUT2D eigenvalue weighted by atomic mass is 10.1. The molecule has 3 rings (SSSR count). The number of halogens is 2. The lowest BCUT2D eigenvalue weighted by Crippen LogP contribution is -2.47. The van der Waals surface area contributed by atoms with Crippen LogP contribution in [0.5, 0.6) is 0 Å². The predicted octanol–water partition coefficient (Wildman–Crippen LogP) is 1.80. The van der Waals surface area contributed by atoms with Crippen LogP contribution in [0.4, 0.5) is 16.0 Å². The molecule has 1 saturated heterocycles. The van der Waals surface area contributed by atoms with Gasteiger partial charge in [-0.05, 0) is 18.2 Å². The number of carbonyl (C=O) groups is 1. The van der Waals surface area contributed by atoms with Crippen LogP contribution in [0.15, 0.2) is 35.1 Å². The first-order valence-corrected chi connectivity index (χ1v) is 7.91. The summed E-state index contributed by atoms with van der Waals surface area (Å²) in [4.78, 5) is 24.1. The molecule has 1 aliphatic heterocycles. The lowest BCUT2D eigenvalue weighted by molar-refractivity contribution is 0.0997. The van der Waals surface area contributed by atoms with Gasteiger partial charge in [0.1, 0.15) is 5.82 Å². The molecule has 0 atom stereocenters. The summed E-state index contributed by atoms with van der Waals surface area (Å²) in [5, 5.41) is 0. The highest BCUT2D eigenvalue weighted by atomic mass is 79.9. The molecule has 0 radical (unpaired) electrons. The highest BCUT2D eigenvalue weighted by Gasteiger charge is 2.24. The van der Waals surface area contributed by atoms with Gasteiger partial charge in [0, 0.05) is 43.0 Å². The van der Waals surface area contributed by atoms with Crippen molar-refractivity contribution in [3.8, 4) is 0 Å². The zero-order chi connectivity index (χ0) is 16.4. The van der Waals surface area contributed by atoms with Gasteiger partial charge in [-0.25, -0.2) is 14.4 Å². The van der Waals surface area contributed by atoms with Crippen LogP contribution in [-0.4, -0.2) is 42.1 Å². The minimum Gasteiger partial charge on any atom is -0.367 e. The van der Waals surface area contributed by atoms with E-state index in [0.717, 1.165) is 0 Å². The van der Waals surface area contributed by atoms with Gasteiger partial charge in [-0.15, -0.1) is 0 Å². The highest BCUT2D eigenvalue weighted by molar-refractivity contribution is 9.10. The lowest BCUT2D eigenvalue weighted by Gasteiger charge is -2.36. The van der Waals surface area contributed by atoms with Crippen molar-refractivity contribution in [1.29, 1.82) is 0 Å². The molecule has 0 bridgehead atoms. The van der Waals surface area contributed by atoms with Crippen molar-refractivity contribution >= 4 is 33.5 Å². The third-order valence-electron chi connectivity index (χ3n) is 3.74. The van der Waals surface area contributed by atoms with Crippen LogP contribution in [0, 0.1) is 5.82 Å². The smallest absolute Gasteiger partial charge is 0.253 e. The molecular formula is C15H15BrFN5O. The maximum atomic E-state index is 14.1. The standard InChI is InChI=1S/C15H15BrFN5O/c16-10-8-11(17)13(14(18)23)12(9-10)21-4-6-22(7-5-21)15-19-2-1-3-20-15/h1-3,8-9H,4-7H2,(H2,18,23). The molecule has 0 unspecified atom stereocenters. The van der Waals surface area contributed by atoms with Crippen LogP contribution in [0.1, 0.15) is 10.4 Å². The molecule has 23 heavy (non-hydrogen) atoms. The Labute approximate surface area is 141 Å². The van der Waals surface area contributed by atoms with Crippen LogP contribution in [0.25, 0.3) is 0 Å². The van der Waals surface area contributed by atoms with E-state index in [1.807, 2.05) is 4.90 Å². The topological polar surface area (TPSA) is 75.4 Å². The Balaban J connectivity index is 1.82. The van der Waals surface area contributed by atoms with Gasteiger partial charge in [0.2, 0.25) is 5.95 Å². The molecule has 6 nitrogen and oxygen atoms in total. The molecule has 1 aliphatic rings. The Morgan fingerprint density at radius 1 is 1.13 bits per heavy atom. The first-order chi connectivity index (χ1) is 11.1. The summed E-state index contributed by atoms with van der Waals surface area (Å²) in [7, 11) is 0. The third kappa shape index (κ3) is 3.26. The van der Waals surface area contributed by atoms with Crippen LogP contribution in [-0.2, 0) is 0 Å². The van der Waals surface area contributed by atoms with E-state index < -0.39 is 11.7 Å². The number of anilines is 2. The van der Waals surface area contributed by atoms with E-state index in [2.05, 4.69) is 30.8 Å². The summed E-state index contributed by atoms with van der Waals surface area (Å²) in [5.41, 5.74) is 5.78. The summed E-state index contributed by atoms with van der Waals surface area (Å²) < 4.78 is 14.6. The number of aromatic nitrogens is 2. The Morgan fingerprint density at radius 3 is 2.35 bits per heavy atom. The zero-order valence-electron chi connectivity index (χ0n) is 12.2. The van der Waals surface area contributed by atoms with Crippen molar-refractivity contribution in [3.05, 3.63) is 46.4 Å². The number of rotatable bonds is 3. The first-order valence-electron chi connectivity index (χ1n) is 7.12. The quantitative estimate of drug-likeness (QED) is 0.879. The van der Waals surface area contributed by atoms with Crippen molar-refractivity contribution in [2.75, 3.05) is 36.0 Å². The maximum absolute atomic E-state index is 14.1. The predicted molar refractivity (Wildman–Crippen MR) is 89.1 cm³/mol. The summed E-state index contributed by atoms with van der Waals surface area (Å²) in [5.74, 6) is -0.711. The number of amides is 1. The van der Waals surface area contributed by atoms with Crippen molar-refractivity contribution in [3.63, 3.8) is 0 Å². The monoisotopic (exact) mass is 379 g/mol. The second-order valence-corrected chi connectivity index (χ2v) is 6.08. The molecule has 0 saturated carbocycles. The molecule has 2 aromatic rings. The summed E-state index contributed by atoms with van der Waals surface area (Å²) in [6, 6.07) is 4.73. The van der Waals surface area contributed by atoms with Gasteiger partial charge in [-0.1, -0.05) is 15.9 Å². The van der Waals surface area contributed by atoms with Gasteiger partial charge in [0.15, 0.2) is 0 Å². The van der Waals surface area contributed by atoms with Crippen LogP contribution in [0.2, 0.25) is 0 Å². The average molecular weight is 380 g/mol. The summed E-state index contributed by atoms with van der Waals surface area (Å²) in [6.45, 7) is 2.59. The number of benzene rings is 1. The molecule has 8 heteroatoms. The highest BCUT2D eigenvalue weighted by Crippen LogP contribution is 2.29. The van der Waals surface area contributed by atoms with Gasteiger partial charge < -0.3 is 15.5 Å². The number of piperazine rings is 1. The molecule has 2 N–H and O–H groups in total. The van der Waals surface area contributed by atoms with Crippen molar-refractivity contribution in [1.82, 2.24) is 9.97 Å². The van der Waals surface area contributed by atoms with E-state index in [9.17, 15) is 9.18 Å². The molecule has 0 spiro atoms. The van der Waals surface area contributed by atoms with Gasteiger partial charge in [0.05, 0.1) is 11.3 Å². The third-order valence-corrected chi connectivity index (χ3v) is 4.19. The molecule has 2 heterocycles. The van der Waals surface area contributed by atoms with Gasteiger partial charge in [-0.3, -0.25) is 4.79 Å². The number of hydrogen-bond acceptors (Lipinski definition) is 5. The number of nitrogens with zero attached hydrogens (tertiary/aromatic N) is 4. The van der Waals surface area contributed by atoms with Gasteiger partial charge in [-0.2, -0.15) is 0 Å². The van der Waals surface area contributed by atoms with E-state index in [-0.39, 0.29) is 5.56 Å². The zero-order valence-corrected chi connectivity index (χ0v) is 13.8. The molecule has 1 amide bonds. The molecular weight excluding hydrogens is 365 g/mol. The van der Waals surface area contributed by atoms with Gasteiger partial charge in [0.25, 0.3) is 5.91 Å². The summed E-state index contributed by atoms with van der Waals surface area (Å²) in [6.07, 6.45) is 3.40. The Morgan fingerprint density at radius 2 is 1.74 bits per heavy atom. The SMILES string of the molecule is NC(=O)c1c(F)cc(Br)cc1N1CCN(c2ncccn2)CC1. The van der Waals surface area contributed by atoms with E-state index in [4.69, 9.17) is 5.73 Å². The number of nitrogens with two attached hydrogens (primary N) is 1. The van der Waals surface area contributed by atoms with E-state index >= 15 is 0 Å². The van der Waals surface area contributed by atoms with Crippen molar-refractivity contribution in [2.45, 2.75) is 0 Å². The molecule has 120 valence electrons. The molecule has 0 aliphatic carbocycles. The number of carbonyl (C=O) groups excluding carboxylic acids is 1. The number of hydrogen-bond donors (Lipinski definition) is 1. The fourth-order valence-corrected chi connectivity index (χ4v) is 3.07. The molecule has 1 aromatic carbocycles. The van der Waals surface area contributed by atoms with Crippen LogP contribution in [0.3, 0.4) is 0 Å². The fourth-order valence-electron chi connectivity index (χ4n) is 2.66. The van der Waals surface area contributed by atoms with E-state index in [0.29, 0.717) is 42.3 Å². The molecule has 1 aromatic heterocycles. The van der Waals surface area contributed by atoms with Crippen LogP contribution >= 0.6 is 15.9 Å². The normalized spacial score (nSPS) is 14.9. The molecule has 1 fully saturated rings. The second kappa shape index (κ2) is 6.49. The Hall–Kier alpha value is -2.22. The van der Waals surface area contributed by atoms with Crippen LogP contribution < -0.4 is 15.5 Å². The minimum atomic E-state index is -0.765. The van der Waals surface area contributed by atoms with Crippen molar-refractivity contribution in [2.24, 2.45) is 5.73 Å².